The Morgan fingerprint density at radius 2 is 2.02 bits per heavy atom. The number of thiazole rings is 1. The zero-order chi connectivity index (χ0) is 29.6. The Bertz CT molecular complexity index is 1630. The maximum absolute atomic E-state index is 13.7. The number of aromatic nitrogens is 3. The quantitative estimate of drug-likeness (QED) is 0.303. The lowest BCUT2D eigenvalue weighted by Gasteiger charge is -2.59. The van der Waals surface area contributed by atoms with Crippen molar-refractivity contribution in [2.24, 2.45) is 0 Å². The molecule has 3 atom stereocenters. The lowest BCUT2D eigenvalue weighted by atomic mass is 9.79. The van der Waals surface area contributed by atoms with E-state index >= 15 is 0 Å². The number of carboxylic acids is 1. The Morgan fingerprint density at radius 1 is 1.24 bits per heavy atom. The van der Waals surface area contributed by atoms with Gasteiger partial charge in [0.2, 0.25) is 11.5 Å². The second kappa shape index (κ2) is 10.3. The third-order valence-electron chi connectivity index (χ3n) is 7.89. The van der Waals surface area contributed by atoms with Crippen molar-refractivity contribution < 1.29 is 33.4 Å². The number of halogens is 1. The topological polar surface area (TPSA) is 137 Å². The molecule has 0 spiro atoms. The van der Waals surface area contributed by atoms with Crippen LogP contribution < -0.4 is 15.2 Å². The molecule has 214 valence electrons. The molecule has 2 aromatic heterocycles. The van der Waals surface area contributed by atoms with E-state index in [0.29, 0.717) is 39.3 Å². The third kappa shape index (κ3) is 4.97. The summed E-state index contributed by atoms with van der Waals surface area (Å²) >= 11 is 1.42. The summed E-state index contributed by atoms with van der Waals surface area (Å²) < 4.78 is 19.4. The van der Waals surface area contributed by atoms with Crippen molar-refractivity contribution >= 4 is 45.9 Å². The number of hydrogen-bond acceptors (Lipinski definition) is 9. The number of carbonyl (C=O) groups is 2. The molecule has 12 heteroatoms. The fraction of sp³-hybridized carbons (Fsp3) is 0.345. The van der Waals surface area contributed by atoms with Crippen LogP contribution in [-0.2, 0) is 4.79 Å². The Kier molecular flexibility index (Phi) is 7.16. The van der Waals surface area contributed by atoms with Crippen LogP contribution in [0.2, 0.25) is 0 Å². The first-order valence-corrected chi connectivity index (χ1v) is 14.0. The monoisotopic (exact) mass is 579 g/mol. The fourth-order valence-corrected chi connectivity index (χ4v) is 6.55. The van der Waals surface area contributed by atoms with Gasteiger partial charge in [-0.25, -0.2) is 24.1 Å². The number of nitrogens with zero attached hydrogens (tertiary/aromatic N) is 4. The van der Waals surface area contributed by atoms with Crippen molar-refractivity contribution in [2.75, 3.05) is 11.9 Å². The Balaban J connectivity index is 1.53. The number of carboxylic acid groups (broad SMARTS) is 2. The van der Waals surface area contributed by atoms with Gasteiger partial charge in [-0.2, -0.15) is 0 Å². The highest BCUT2D eigenvalue weighted by Crippen LogP contribution is 2.45. The van der Waals surface area contributed by atoms with Crippen LogP contribution in [0.15, 0.2) is 54.2 Å². The summed E-state index contributed by atoms with van der Waals surface area (Å²) in [6.07, 6.45) is 1.52. The first-order valence-electron chi connectivity index (χ1n) is 13.1. The van der Waals surface area contributed by atoms with E-state index < -0.39 is 39.5 Å². The van der Waals surface area contributed by atoms with Crippen LogP contribution in [-0.4, -0.2) is 60.3 Å². The average Bonchev–Trinajstić information content (AvgIpc) is 3.42. The smallest absolute Gasteiger partial charge is 0.366 e. The van der Waals surface area contributed by atoms with Gasteiger partial charge in [0.25, 0.3) is 6.09 Å². The van der Waals surface area contributed by atoms with E-state index in [1.165, 1.54) is 30.4 Å². The minimum Gasteiger partial charge on any atom is -0.498 e. The van der Waals surface area contributed by atoms with E-state index in [0.717, 1.165) is 0 Å². The maximum atomic E-state index is 13.7. The predicted molar refractivity (Wildman–Crippen MR) is 150 cm³/mol. The summed E-state index contributed by atoms with van der Waals surface area (Å²) in [6.45, 7) is 6.60. The summed E-state index contributed by atoms with van der Waals surface area (Å²) in [6, 6.07) is 9.54. The van der Waals surface area contributed by atoms with Gasteiger partial charge in [0.1, 0.15) is 22.7 Å². The van der Waals surface area contributed by atoms with Crippen LogP contribution in [0.1, 0.15) is 40.5 Å². The van der Waals surface area contributed by atoms with E-state index in [9.17, 15) is 24.2 Å². The van der Waals surface area contributed by atoms with Gasteiger partial charge in [-0.05, 0) is 45.0 Å². The van der Waals surface area contributed by atoms with Crippen LogP contribution in [0.4, 0.5) is 20.8 Å². The highest BCUT2D eigenvalue weighted by molar-refractivity contribution is 7.13. The first-order chi connectivity index (χ1) is 19.3. The van der Waals surface area contributed by atoms with E-state index in [4.69, 9.17) is 4.74 Å². The number of piperidine rings is 1. The summed E-state index contributed by atoms with van der Waals surface area (Å²) in [5, 5.41) is 29.1. The molecular formula is C29H30FN5O5S. The Hall–Kier alpha value is -4.16. The molecule has 3 heterocycles. The van der Waals surface area contributed by atoms with Crippen molar-refractivity contribution in [3.05, 3.63) is 60.0 Å². The average molecular weight is 580 g/mol. The van der Waals surface area contributed by atoms with E-state index in [-0.39, 0.29) is 18.9 Å². The molecule has 1 fully saturated rings. The van der Waals surface area contributed by atoms with Crippen LogP contribution in [0.5, 0.6) is 5.75 Å². The number of amides is 1. The molecule has 0 aliphatic carbocycles. The number of rotatable bonds is 6. The Morgan fingerprint density at radius 3 is 2.66 bits per heavy atom. The summed E-state index contributed by atoms with van der Waals surface area (Å²) in [7, 11) is 0. The standard InChI is InChI=1S/C29H30FN5O5S/c1-28(2,3)35(27(38)39)10-8-20(15-29(35,4)25(36)37)40-23-14-22-17(12-21(23)24-31-9-11-41-24)16-32-26(34-22)33-19-7-5-6-18(30)13-19/h5-7,9,11-14,16,20H,8,10,15H2,1-4H3,(H2-,31,32,33,34,36,37,38,39)/t20-,29+,35?/m0/s1. The van der Waals surface area contributed by atoms with E-state index in [2.05, 4.69) is 20.3 Å². The minimum atomic E-state index is -1.71. The van der Waals surface area contributed by atoms with Crippen LogP contribution in [0.3, 0.4) is 0 Å². The zero-order valence-corrected chi connectivity index (χ0v) is 23.9. The van der Waals surface area contributed by atoms with Gasteiger partial charge in [-0.15, -0.1) is 11.3 Å². The van der Waals surface area contributed by atoms with Gasteiger partial charge >= 0.3 is 5.97 Å². The van der Waals surface area contributed by atoms with Gasteiger partial charge in [0.05, 0.1) is 29.6 Å². The van der Waals surface area contributed by atoms with Gasteiger partial charge in [-0.3, -0.25) is 4.48 Å². The third-order valence-corrected chi connectivity index (χ3v) is 8.70. The highest BCUT2D eigenvalue weighted by atomic mass is 32.1. The largest absolute Gasteiger partial charge is 0.498 e. The van der Waals surface area contributed by atoms with E-state index in [1.54, 1.807) is 51.4 Å². The van der Waals surface area contributed by atoms with Crippen LogP contribution in [0, 0.1) is 5.82 Å². The summed E-state index contributed by atoms with van der Waals surface area (Å²) in [4.78, 5) is 38.6. The van der Waals surface area contributed by atoms with Gasteiger partial charge in [0, 0.05) is 48.3 Å². The molecule has 4 aromatic rings. The molecule has 1 amide bonds. The molecule has 0 saturated carbocycles. The molecule has 2 N–H and O–H groups in total. The number of quaternary nitrogens is 1. The number of hydrogen-bond donors (Lipinski definition) is 2. The lowest BCUT2D eigenvalue weighted by Crippen LogP contribution is -2.81. The number of benzene rings is 2. The van der Waals surface area contributed by atoms with Crippen molar-refractivity contribution in [3.63, 3.8) is 0 Å². The lowest BCUT2D eigenvalue weighted by molar-refractivity contribution is -0.960. The van der Waals surface area contributed by atoms with Gasteiger partial charge in [-0.1, -0.05) is 6.07 Å². The molecule has 2 aromatic carbocycles. The highest BCUT2D eigenvalue weighted by Gasteiger charge is 2.64. The molecule has 0 radical (unpaired) electrons. The Labute approximate surface area is 240 Å². The molecule has 1 unspecified atom stereocenters. The number of aliphatic carboxylic acids is 1. The second-order valence-corrected chi connectivity index (χ2v) is 12.2. The first kappa shape index (κ1) is 28.4. The zero-order valence-electron chi connectivity index (χ0n) is 23.1. The summed E-state index contributed by atoms with van der Waals surface area (Å²) in [5.41, 5.74) is -0.929. The van der Waals surface area contributed by atoms with Crippen molar-refractivity contribution in [2.45, 2.75) is 57.7 Å². The maximum Gasteiger partial charge on any atom is 0.366 e. The molecule has 0 bridgehead atoms. The van der Waals surface area contributed by atoms with Crippen molar-refractivity contribution in [1.29, 1.82) is 0 Å². The SMILES string of the molecule is CC(C)(C)[N+]1(C(=O)[O-])CC[C@H](Oc2cc3nc(Nc4cccc(F)c4)ncc3cc2-c2nccs2)C[C@]1(C)C(=O)O. The van der Waals surface area contributed by atoms with Crippen molar-refractivity contribution in [3.8, 4) is 16.3 Å². The number of fused-ring (bicyclic) bond motifs is 1. The molecule has 5 rings (SSSR count). The summed E-state index contributed by atoms with van der Waals surface area (Å²) in [5.74, 6) is -0.934. The molecule has 1 aliphatic rings. The van der Waals surface area contributed by atoms with Gasteiger partial charge < -0.3 is 25.1 Å². The number of ether oxygens (including phenoxy) is 1. The minimum absolute atomic E-state index is 0.0172. The van der Waals surface area contributed by atoms with Crippen molar-refractivity contribution in [1.82, 2.24) is 15.0 Å². The molecule has 1 aliphatic heterocycles. The fourth-order valence-electron chi connectivity index (χ4n) is 5.90. The molecule has 41 heavy (non-hydrogen) atoms. The molecule has 1 saturated heterocycles. The van der Waals surface area contributed by atoms with Crippen LogP contribution >= 0.6 is 11.3 Å². The van der Waals surface area contributed by atoms with E-state index in [1.807, 2.05) is 11.4 Å². The number of likely N-dealkylation sites (tertiary alicyclic amines) is 1. The predicted octanol–water partition coefficient (Wildman–Crippen LogP) is 4.98. The molecular weight excluding hydrogens is 549 g/mol. The second-order valence-electron chi connectivity index (χ2n) is 11.4. The van der Waals surface area contributed by atoms with Crippen LogP contribution in [0.25, 0.3) is 21.5 Å². The molecule has 10 nitrogen and oxygen atoms in total. The number of nitrogens with one attached hydrogen (secondary N) is 1. The normalized spacial score (nSPS) is 22.8. The number of carbonyl (C=O) groups excluding carboxylic acids is 1. The number of anilines is 2. The van der Waals surface area contributed by atoms with Gasteiger partial charge in [0.15, 0.2) is 0 Å².